The molecule has 0 aliphatic carbocycles. The normalized spacial score (nSPS) is 17.4. The maximum absolute atomic E-state index is 13.2. The van der Waals surface area contributed by atoms with Gasteiger partial charge in [-0.2, -0.15) is 0 Å². The predicted molar refractivity (Wildman–Crippen MR) is 62.8 cm³/mol. The first kappa shape index (κ1) is 12.0. The second kappa shape index (κ2) is 4.84. The molecular formula is C13H16FNO2. The molecular weight excluding hydrogens is 221 g/mol. The molecule has 1 N–H and O–H groups in total. The fourth-order valence-corrected chi connectivity index (χ4v) is 2.00. The Bertz CT molecular complexity index is 429. The number of rotatable bonds is 4. The fraction of sp³-hybridized carbons (Fsp3) is 0.462. The third-order valence-corrected chi connectivity index (χ3v) is 3.36. The van der Waals surface area contributed by atoms with E-state index in [1.807, 2.05) is 6.92 Å². The summed E-state index contributed by atoms with van der Waals surface area (Å²) >= 11 is 0. The van der Waals surface area contributed by atoms with Gasteiger partial charge in [-0.3, -0.25) is 4.79 Å². The summed E-state index contributed by atoms with van der Waals surface area (Å²) < 4.78 is 18.3. The molecule has 1 aromatic carbocycles. The maximum Gasteiger partial charge on any atom is 0.169 e. The molecule has 1 heterocycles. The molecule has 0 aromatic heterocycles. The second-order valence-electron chi connectivity index (χ2n) is 4.42. The molecule has 17 heavy (non-hydrogen) atoms. The van der Waals surface area contributed by atoms with E-state index in [9.17, 15) is 9.18 Å². The monoisotopic (exact) mass is 237 g/mol. The van der Waals surface area contributed by atoms with E-state index in [2.05, 4.69) is 5.32 Å². The van der Waals surface area contributed by atoms with Crippen molar-refractivity contribution in [3.63, 3.8) is 0 Å². The zero-order valence-corrected chi connectivity index (χ0v) is 10.00. The van der Waals surface area contributed by atoms with Gasteiger partial charge < -0.3 is 10.1 Å². The Kier molecular flexibility index (Phi) is 3.43. The van der Waals surface area contributed by atoms with Gasteiger partial charge in [-0.15, -0.1) is 0 Å². The highest BCUT2D eigenvalue weighted by Gasteiger charge is 2.30. The molecule has 1 fully saturated rings. The molecule has 4 heteroatoms. The van der Waals surface area contributed by atoms with Crippen LogP contribution in [0.1, 0.15) is 17.3 Å². The van der Waals surface area contributed by atoms with E-state index in [0.29, 0.717) is 17.2 Å². The van der Waals surface area contributed by atoms with Crippen molar-refractivity contribution in [3.8, 4) is 5.75 Å². The summed E-state index contributed by atoms with van der Waals surface area (Å²) in [5.41, 5.74) is 0.340. The Labute approximate surface area is 100.0 Å². The van der Waals surface area contributed by atoms with Crippen LogP contribution in [0.2, 0.25) is 0 Å². The van der Waals surface area contributed by atoms with Crippen LogP contribution in [-0.2, 0) is 0 Å². The van der Waals surface area contributed by atoms with Crippen LogP contribution < -0.4 is 10.1 Å². The Hall–Kier alpha value is -1.42. The average Bonchev–Trinajstić information content (AvgIpc) is 2.25. The second-order valence-corrected chi connectivity index (χ2v) is 4.42. The summed E-state index contributed by atoms with van der Waals surface area (Å²) in [4.78, 5) is 12.2. The van der Waals surface area contributed by atoms with Gasteiger partial charge in [0.05, 0.1) is 12.7 Å². The Balaban J connectivity index is 2.25. The summed E-state index contributed by atoms with van der Waals surface area (Å²) in [6, 6.07) is 4.04. The smallest absolute Gasteiger partial charge is 0.169 e. The summed E-state index contributed by atoms with van der Waals surface area (Å²) in [6.45, 7) is 3.59. The number of benzene rings is 1. The Morgan fingerprint density at radius 3 is 2.76 bits per heavy atom. The van der Waals surface area contributed by atoms with Gasteiger partial charge in [0.2, 0.25) is 0 Å². The lowest BCUT2D eigenvalue weighted by Crippen LogP contribution is -2.47. The largest absolute Gasteiger partial charge is 0.496 e. The van der Waals surface area contributed by atoms with E-state index in [0.717, 1.165) is 13.1 Å². The minimum Gasteiger partial charge on any atom is -0.496 e. The molecule has 1 unspecified atom stereocenters. The van der Waals surface area contributed by atoms with Crippen molar-refractivity contribution in [2.75, 3.05) is 20.2 Å². The van der Waals surface area contributed by atoms with Crippen molar-refractivity contribution < 1.29 is 13.9 Å². The van der Waals surface area contributed by atoms with Crippen LogP contribution in [0.3, 0.4) is 0 Å². The minimum absolute atomic E-state index is 0.0483. The Morgan fingerprint density at radius 2 is 2.24 bits per heavy atom. The van der Waals surface area contributed by atoms with Gasteiger partial charge in [-0.1, -0.05) is 6.92 Å². The number of Topliss-reactive ketones (excluding diaryl/α,β-unsaturated/α-hetero) is 1. The molecule has 2 rings (SSSR count). The zero-order chi connectivity index (χ0) is 12.4. The summed E-state index contributed by atoms with van der Waals surface area (Å²) in [5, 5.41) is 3.13. The first-order chi connectivity index (χ1) is 8.13. The lowest BCUT2D eigenvalue weighted by Gasteiger charge is -2.31. The van der Waals surface area contributed by atoms with E-state index in [1.165, 1.54) is 25.3 Å². The molecule has 0 bridgehead atoms. The van der Waals surface area contributed by atoms with Crippen LogP contribution >= 0.6 is 0 Å². The van der Waals surface area contributed by atoms with E-state index in [4.69, 9.17) is 4.74 Å². The molecule has 1 aliphatic heterocycles. The fourth-order valence-electron chi connectivity index (χ4n) is 2.00. The van der Waals surface area contributed by atoms with Crippen LogP contribution in [0.25, 0.3) is 0 Å². The van der Waals surface area contributed by atoms with Crippen LogP contribution in [0.4, 0.5) is 4.39 Å². The number of methoxy groups -OCH3 is 1. The minimum atomic E-state index is -0.409. The number of hydrogen-bond donors (Lipinski definition) is 1. The highest BCUT2D eigenvalue weighted by atomic mass is 19.1. The van der Waals surface area contributed by atoms with Crippen LogP contribution in [-0.4, -0.2) is 26.0 Å². The number of nitrogens with one attached hydrogen (secondary N) is 1. The molecule has 1 saturated heterocycles. The van der Waals surface area contributed by atoms with E-state index in [1.54, 1.807) is 0 Å². The maximum atomic E-state index is 13.2. The van der Waals surface area contributed by atoms with E-state index in [-0.39, 0.29) is 11.7 Å². The lowest BCUT2D eigenvalue weighted by atomic mass is 9.83. The molecule has 92 valence electrons. The van der Waals surface area contributed by atoms with Crippen LogP contribution in [0.15, 0.2) is 18.2 Å². The van der Waals surface area contributed by atoms with E-state index >= 15 is 0 Å². The van der Waals surface area contributed by atoms with Gasteiger partial charge >= 0.3 is 0 Å². The van der Waals surface area contributed by atoms with Crippen LogP contribution in [0.5, 0.6) is 5.75 Å². The molecule has 0 amide bonds. The molecule has 3 nitrogen and oxygen atoms in total. The van der Waals surface area contributed by atoms with Gasteiger partial charge in [0, 0.05) is 5.92 Å². The first-order valence-electron chi connectivity index (χ1n) is 5.72. The Morgan fingerprint density at radius 1 is 1.53 bits per heavy atom. The number of ketones is 1. The number of hydrogen-bond acceptors (Lipinski definition) is 3. The lowest BCUT2D eigenvalue weighted by molar-refractivity contribution is 0.0850. The van der Waals surface area contributed by atoms with Crippen molar-refractivity contribution in [1.82, 2.24) is 5.32 Å². The van der Waals surface area contributed by atoms with Crippen molar-refractivity contribution in [1.29, 1.82) is 0 Å². The van der Waals surface area contributed by atoms with Crippen molar-refractivity contribution in [2.45, 2.75) is 6.92 Å². The number of halogens is 1. The SMILES string of the molecule is COc1ccc(F)cc1C(=O)C(C)C1CNC1. The van der Waals surface area contributed by atoms with Crippen molar-refractivity contribution in [2.24, 2.45) is 11.8 Å². The molecule has 0 spiro atoms. The third-order valence-electron chi connectivity index (χ3n) is 3.36. The zero-order valence-electron chi connectivity index (χ0n) is 10.00. The van der Waals surface area contributed by atoms with E-state index < -0.39 is 5.82 Å². The number of carbonyl (C=O) groups is 1. The third kappa shape index (κ3) is 2.31. The topological polar surface area (TPSA) is 38.3 Å². The predicted octanol–water partition coefficient (Wildman–Crippen LogP) is 1.87. The van der Waals surface area contributed by atoms with Crippen LogP contribution in [0, 0.1) is 17.7 Å². The summed E-state index contributed by atoms with van der Waals surface area (Å²) in [5.74, 6) is 0.221. The quantitative estimate of drug-likeness (QED) is 0.812. The highest BCUT2D eigenvalue weighted by molar-refractivity contribution is 6.00. The van der Waals surface area contributed by atoms with Gasteiger partial charge in [-0.05, 0) is 37.2 Å². The molecule has 0 radical (unpaired) electrons. The summed E-state index contributed by atoms with van der Waals surface area (Å²) in [6.07, 6.45) is 0. The molecule has 0 saturated carbocycles. The van der Waals surface area contributed by atoms with Crippen molar-refractivity contribution in [3.05, 3.63) is 29.6 Å². The molecule has 1 aromatic rings. The van der Waals surface area contributed by atoms with Gasteiger partial charge in [0.15, 0.2) is 5.78 Å². The van der Waals surface area contributed by atoms with Crippen molar-refractivity contribution >= 4 is 5.78 Å². The molecule has 1 aliphatic rings. The highest BCUT2D eigenvalue weighted by Crippen LogP contribution is 2.26. The number of carbonyl (C=O) groups excluding carboxylic acids is 1. The van der Waals surface area contributed by atoms with Gasteiger partial charge in [0.25, 0.3) is 0 Å². The standard InChI is InChI=1S/C13H16FNO2/c1-8(9-6-15-7-9)13(16)11-5-10(14)3-4-12(11)17-2/h3-5,8-9,15H,6-7H2,1-2H3. The first-order valence-corrected chi connectivity index (χ1v) is 5.72. The molecule has 1 atom stereocenters. The number of ether oxygens (including phenoxy) is 1. The van der Waals surface area contributed by atoms with Gasteiger partial charge in [0.1, 0.15) is 11.6 Å². The average molecular weight is 237 g/mol. The van der Waals surface area contributed by atoms with Gasteiger partial charge in [-0.25, -0.2) is 4.39 Å². The summed E-state index contributed by atoms with van der Waals surface area (Å²) in [7, 11) is 1.49.